The Morgan fingerprint density at radius 1 is 0.923 bits per heavy atom. The number of piperidine rings is 2. The van der Waals surface area contributed by atoms with Gasteiger partial charge in [-0.05, 0) is 63.9 Å². The second kappa shape index (κ2) is 7.63. The second-order valence-electron chi connectivity index (χ2n) is 7.58. The van der Waals surface area contributed by atoms with Crippen molar-refractivity contribution in [2.45, 2.75) is 44.6 Å². The molecule has 26 heavy (non-hydrogen) atoms. The number of rotatable bonds is 3. The van der Waals surface area contributed by atoms with E-state index >= 15 is 0 Å². The van der Waals surface area contributed by atoms with E-state index in [9.17, 15) is 0 Å². The minimum atomic E-state index is 0.338. The van der Waals surface area contributed by atoms with Crippen LogP contribution in [0.1, 0.15) is 39.0 Å². The molecule has 3 heterocycles. The second-order valence-corrected chi connectivity index (χ2v) is 9.41. The largest absolute Gasteiger partial charge is 0.347 e. The maximum absolute atomic E-state index is 6.12. The van der Waals surface area contributed by atoms with E-state index in [1.807, 2.05) is 12.1 Å². The first-order valence-electron chi connectivity index (χ1n) is 9.33. The van der Waals surface area contributed by atoms with Crippen molar-refractivity contribution in [3.63, 3.8) is 0 Å². The molecule has 2 aromatic rings. The van der Waals surface area contributed by atoms with Crippen molar-refractivity contribution >= 4 is 39.7 Å². The van der Waals surface area contributed by atoms with Gasteiger partial charge in [0.2, 0.25) is 5.13 Å². The fraction of sp³-hybridized carbons (Fsp3) is 0.579. The molecule has 0 spiro atoms. The molecular weight excluding hydrogens is 387 g/mol. The van der Waals surface area contributed by atoms with E-state index < -0.39 is 0 Å². The first-order chi connectivity index (χ1) is 12.5. The van der Waals surface area contributed by atoms with Crippen LogP contribution >= 0.6 is 34.5 Å². The predicted molar refractivity (Wildman–Crippen MR) is 111 cm³/mol. The summed E-state index contributed by atoms with van der Waals surface area (Å²) in [7, 11) is 0. The lowest BCUT2D eigenvalue weighted by atomic mass is 9.86. The molecule has 0 bridgehead atoms. The molecule has 0 aliphatic carbocycles. The number of benzene rings is 1. The summed E-state index contributed by atoms with van der Waals surface area (Å²) in [6.07, 6.45) is 6.46. The third kappa shape index (κ3) is 3.86. The van der Waals surface area contributed by atoms with Crippen molar-refractivity contribution in [3.05, 3.63) is 28.2 Å². The Hall–Kier alpha value is -0.880. The molecule has 4 rings (SSSR count). The Morgan fingerprint density at radius 2 is 1.58 bits per heavy atom. The average molecular weight is 411 g/mol. The molecule has 0 atom stereocenters. The number of hydrogen-bond donors (Lipinski definition) is 0. The molecule has 2 aliphatic rings. The number of likely N-dealkylation sites (tertiary alicyclic amines) is 1. The van der Waals surface area contributed by atoms with E-state index in [1.54, 1.807) is 17.4 Å². The van der Waals surface area contributed by atoms with Crippen LogP contribution in [0.3, 0.4) is 0 Å². The number of aromatic nitrogens is 2. The highest BCUT2D eigenvalue weighted by molar-refractivity contribution is 7.18. The summed E-state index contributed by atoms with van der Waals surface area (Å²) >= 11 is 13.9. The summed E-state index contributed by atoms with van der Waals surface area (Å²) in [5.74, 6) is 0. The van der Waals surface area contributed by atoms with E-state index in [-0.39, 0.29) is 0 Å². The van der Waals surface area contributed by atoms with Gasteiger partial charge in [-0.15, -0.1) is 10.2 Å². The molecule has 2 saturated heterocycles. The van der Waals surface area contributed by atoms with Crippen LogP contribution in [0, 0.1) is 0 Å². The molecular formula is C19H24Cl2N4S. The van der Waals surface area contributed by atoms with Crippen LogP contribution in [0.25, 0.3) is 10.6 Å². The van der Waals surface area contributed by atoms with Crippen molar-refractivity contribution < 1.29 is 0 Å². The van der Waals surface area contributed by atoms with Crippen LogP contribution in [0.5, 0.6) is 0 Å². The van der Waals surface area contributed by atoms with Crippen molar-refractivity contribution in [3.8, 4) is 10.6 Å². The van der Waals surface area contributed by atoms with Gasteiger partial charge in [-0.25, -0.2) is 0 Å². The molecule has 0 N–H and O–H groups in total. The van der Waals surface area contributed by atoms with Gasteiger partial charge in [0.15, 0.2) is 0 Å². The fourth-order valence-corrected chi connectivity index (χ4v) is 5.48. The Kier molecular flexibility index (Phi) is 5.42. The highest BCUT2D eigenvalue weighted by atomic mass is 35.5. The van der Waals surface area contributed by atoms with Crippen LogP contribution < -0.4 is 4.90 Å². The van der Waals surface area contributed by atoms with Gasteiger partial charge in [-0.1, -0.05) is 41.0 Å². The zero-order chi connectivity index (χ0) is 18.1. The monoisotopic (exact) mass is 410 g/mol. The number of hydrogen-bond acceptors (Lipinski definition) is 5. The summed E-state index contributed by atoms with van der Waals surface area (Å²) in [4.78, 5) is 5.09. The molecule has 2 aliphatic heterocycles. The molecule has 0 unspecified atom stereocenters. The van der Waals surface area contributed by atoms with E-state index in [2.05, 4.69) is 26.9 Å². The SMILES string of the molecule is CC1(N2CCCCC2)CCN(c2nnc(-c3cc(Cl)cc(Cl)c3)s2)CC1. The molecule has 0 amide bonds. The molecule has 1 aromatic carbocycles. The van der Waals surface area contributed by atoms with Crippen LogP contribution in [-0.4, -0.2) is 46.8 Å². The molecule has 4 nitrogen and oxygen atoms in total. The van der Waals surface area contributed by atoms with Crippen LogP contribution in [0.2, 0.25) is 10.0 Å². The maximum Gasteiger partial charge on any atom is 0.208 e. The summed E-state index contributed by atoms with van der Waals surface area (Å²) in [6, 6.07) is 5.52. The predicted octanol–water partition coefficient (Wildman–Crippen LogP) is 5.36. The standard InChI is InChI=1S/C19H24Cl2N4S/c1-19(25-7-3-2-4-8-25)5-9-24(10-6-19)18-23-22-17(26-18)14-11-15(20)13-16(21)12-14/h11-13H,2-10H2,1H3. The Morgan fingerprint density at radius 3 is 2.23 bits per heavy atom. The van der Waals surface area contributed by atoms with E-state index in [4.69, 9.17) is 23.2 Å². The van der Waals surface area contributed by atoms with Gasteiger partial charge in [-0.2, -0.15) is 0 Å². The Bertz CT molecular complexity index is 744. The lowest BCUT2D eigenvalue weighted by molar-refractivity contribution is 0.0593. The molecule has 2 fully saturated rings. The van der Waals surface area contributed by atoms with Crippen LogP contribution in [0.4, 0.5) is 5.13 Å². The normalized spacial score (nSPS) is 21.1. The third-order valence-corrected chi connectivity index (χ3v) is 7.22. The van der Waals surface area contributed by atoms with E-state index in [0.717, 1.165) is 28.8 Å². The first-order valence-corrected chi connectivity index (χ1v) is 10.9. The molecule has 1 aromatic heterocycles. The molecule has 7 heteroatoms. The summed E-state index contributed by atoms with van der Waals surface area (Å²) < 4.78 is 0. The van der Waals surface area contributed by atoms with Crippen molar-refractivity contribution in [2.75, 3.05) is 31.1 Å². The minimum absolute atomic E-state index is 0.338. The van der Waals surface area contributed by atoms with Gasteiger partial charge in [0.25, 0.3) is 0 Å². The van der Waals surface area contributed by atoms with Gasteiger partial charge in [-0.3, -0.25) is 4.90 Å². The summed E-state index contributed by atoms with van der Waals surface area (Å²) in [6.45, 7) is 7.04. The Labute approximate surface area is 169 Å². The number of nitrogens with zero attached hydrogens (tertiary/aromatic N) is 4. The zero-order valence-corrected chi connectivity index (χ0v) is 17.4. The maximum atomic E-state index is 6.12. The highest BCUT2D eigenvalue weighted by Crippen LogP contribution is 2.36. The first kappa shape index (κ1) is 18.5. The molecule has 0 radical (unpaired) electrons. The average Bonchev–Trinajstić information content (AvgIpc) is 3.12. The molecule has 140 valence electrons. The number of halogens is 2. The molecule has 0 saturated carbocycles. The minimum Gasteiger partial charge on any atom is -0.347 e. The topological polar surface area (TPSA) is 32.3 Å². The summed E-state index contributed by atoms with van der Waals surface area (Å²) in [5.41, 5.74) is 1.27. The van der Waals surface area contributed by atoms with Crippen molar-refractivity contribution in [2.24, 2.45) is 0 Å². The quantitative estimate of drug-likeness (QED) is 0.681. The van der Waals surface area contributed by atoms with Crippen LogP contribution in [0.15, 0.2) is 18.2 Å². The fourth-order valence-electron chi connectivity index (χ4n) is 4.07. The van der Waals surface area contributed by atoms with Crippen molar-refractivity contribution in [1.29, 1.82) is 0 Å². The van der Waals surface area contributed by atoms with E-state index in [1.165, 1.54) is 45.2 Å². The van der Waals surface area contributed by atoms with Crippen molar-refractivity contribution in [1.82, 2.24) is 15.1 Å². The zero-order valence-electron chi connectivity index (χ0n) is 15.0. The van der Waals surface area contributed by atoms with Gasteiger partial charge in [0.05, 0.1) is 0 Å². The lowest BCUT2D eigenvalue weighted by Gasteiger charge is -2.48. The van der Waals surface area contributed by atoms with Crippen LogP contribution in [-0.2, 0) is 0 Å². The smallest absolute Gasteiger partial charge is 0.208 e. The number of anilines is 1. The lowest BCUT2D eigenvalue weighted by Crippen LogP contribution is -2.55. The third-order valence-electron chi connectivity index (χ3n) is 5.75. The van der Waals surface area contributed by atoms with E-state index in [0.29, 0.717) is 15.6 Å². The summed E-state index contributed by atoms with van der Waals surface area (Å²) in [5, 5.41) is 11.9. The van der Waals surface area contributed by atoms with Gasteiger partial charge in [0.1, 0.15) is 5.01 Å². The van der Waals surface area contributed by atoms with Gasteiger partial charge >= 0.3 is 0 Å². The Balaban J connectivity index is 1.44. The highest BCUT2D eigenvalue weighted by Gasteiger charge is 2.36. The van der Waals surface area contributed by atoms with Gasteiger partial charge < -0.3 is 4.90 Å². The van der Waals surface area contributed by atoms with Gasteiger partial charge in [0, 0.05) is 34.2 Å².